The van der Waals surface area contributed by atoms with Crippen molar-refractivity contribution in [2.75, 3.05) is 0 Å². The minimum atomic E-state index is 0.105. The van der Waals surface area contributed by atoms with Gasteiger partial charge in [-0.05, 0) is 19.8 Å². The third kappa shape index (κ3) is 2.54. The fourth-order valence-corrected chi connectivity index (χ4v) is 2.16. The fourth-order valence-electron chi connectivity index (χ4n) is 1.97. The predicted molar refractivity (Wildman–Crippen MR) is 70.5 cm³/mol. The highest BCUT2D eigenvalue weighted by Gasteiger charge is 2.28. The Hall–Kier alpha value is -1.66. The van der Waals surface area contributed by atoms with E-state index in [0.29, 0.717) is 16.9 Å². The van der Waals surface area contributed by atoms with Crippen LogP contribution in [0.4, 0.5) is 0 Å². The Bertz CT molecular complexity index is 594. The molecular formula is C12H14ClN5O. The fraction of sp³-hybridized carbons (Fsp3) is 0.417. The van der Waals surface area contributed by atoms with Crippen molar-refractivity contribution in [3.05, 3.63) is 29.4 Å². The molecule has 0 atom stereocenters. The van der Waals surface area contributed by atoms with Gasteiger partial charge in [0, 0.05) is 12.2 Å². The summed E-state index contributed by atoms with van der Waals surface area (Å²) in [6.45, 7) is 1.90. The van der Waals surface area contributed by atoms with Crippen LogP contribution in [0.2, 0.25) is 5.02 Å². The van der Waals surface area contributed by atoms with Gasteiger partial charge in [0.1, 0.15) is 17.5 Å². The number of aryl methyl sites for hydroxylation is 1. The van der Waals surface area contributed by atoms with Gasteiger partial charge in [-0.15, -0.1) is 0 Å². The number of imidazole rings is 1. The van der Waals surface area contributed by atoms with E-state index in [4.69, 9.17) is 22.1 Å². The molecule has 0 bridgehead atoms. The molecule has 0 saturated heterocycles. The third-order valence-corrected chi connectivity index (χ3v) is 3.33. The Morgan fingerprint density at radius 1 is 1.42 bits per heavy atom. The van der Waals surface area contributed by atoms with Gasteiger partial charge in [-0.2, -0.15) is 4.98 Å². The van der Waals surface area contributed by atoms with Crippen molar-refractivity contribution in [1.82, 2.24) is 19.5 Å². The first-order chi connectivity index (χ1) is 9.11. The molecule has 0 radical (unpaired) electrons. The van der Waals surface area contributed by atoms with Crippen LogP contribution in [-0.2, 0) is 0 Å². The monoisotopic (exact) mass is 279 g/mol. The molecule has 3 rings (SSSR count). The quantitative estimate of drug-likeness (QED) is 0.921. The smallest absolute Gasteiger partial charge is 0.318 e. The molecule has 7 heteroatoms. The predicted octanol–water partition coefficient (Wildman–Crippen LogP) is 1.49. The van der Waals surface area contributed by atoms with Crippen LogP contribution >= 0.6 is 11.6 Å². The van der Waals surface area contributed by atoms with Crippen molar-refractivity contribution < 1.29 is 4.74 Å². The van der Waals surface area contributed by atoms with Crippen molar-refractivity contribution in [3.8, 4) is 11.8 Å². The second-order valence-electron chi connectivity index (χ2n) is 4.72. The largest absolute Gasteiger partial charge is 0.460 e. The minimum Gasteiger partial charge on any atom is -0.460 e. The van der Waals surface area contributed by atoms with Crippen LogP contribution in [-0.4, -0.2) is 31.7 Å². The summed E-state index contributed by atoms with van der Waals surface area (Å²) in [6, 6.07) is 0.552. The van der Waals surface area contributed by atoms with E-state index in [1.165, 1.54) is 6.20 Å². The topological polar surface area (TPSA) is 78.9 Å². The number of nitrogens with two attached hydrogens (primary N) is 1. The number of rotatable bonds is 3. The molecule has 2 N–H and O–H groups in total. The lowest BCUT2D eigenvalue weighted by Gasteiger charge is -2.31. The van der Waals surface area contributed by atoms with Crippen LogP contribution in [0, 0.1) is 6.92 Å². The maximum atomic E-state index is 6.10. The Kier molecular flexibility index (Phi) is 3.12. The molecule has 2 aromatic heterocycles. The van der Waals surface area contributed by atoms with Gasteiger partial charge in [0.05, 0.1) is 11.9 Å². The minimum absolute atomic E-state index is 0.105. The summed E-state index contributed by atoms with van der Waals surface area (Å²) in [5.41, 5.74) is 6.61. The summed E-state index contributed by atoms with van der Waals surface area (Å²) < 4.78 is 7.40. The van der Waals surface area contributed by atoms with E-state index in [0.717, 1.165) is 18.5 Å². The molecule has 0 spiro atoms. The maximum absolute atomic E-state index is 6.10. The van der Waals surface area contributed by atoms with Crippen LogP contribution in [0.5, 0.6) is 6.01 Å². The van der Waals surface area contributed by atoms with Crippen molar-refractivity contribution >= 4 is 11.6 Å². The maximum Gasteiger partial charge on any atom is 0.318 e. The van der Waals surface area contributed by atoms with E-state index in [9.17, 15) is 0 Å². The second kappa shape index (κ2) is 4.79. The van der Waals surface area contributed by atoms with Gasteiger partial charge in [-0.25, -0.2) is 9.97 Å². The number of hydrogen-bond acceptors (Lipinski definition) is 5. The molecule has 2 heterocycles. The van der Waals surface area contributed by atoms with Gasteiger partial charge < -0.3 is 10.5 Å². The van der Waals surface area contributed by atoms with Crippen LogP contribution in [0.1, 0.15) is 18.5 Å². The molecule has 0 aromatic carbocycles. The van der Waals surface area contributed by atoms with E-state index < -0.39 is 0 Å². The second-order valence-corrected chi connectivity index (χ2v) is 5.12. The highest BCUT2D eigenvalue weighted by Crippen LogP contribution is 2.25. The summed E-state index contributed by atoms with van der Waals surface area (Å²) in [4.78, 5) is 12.5. The van der Waals surface area contributed by atoms with Crippen molar-refractivity contribution in [3.63, 3.8) is 0 Å². The summed E-state index contributed by atoms with van der Waals surface area (Å²) in [5.74, 6) is 0.566. The zero-order valence-electron chi connectivity index (χ0n) is 10.5. The van der Waals surface area contributed by atoms with Gasteiger partial charge in [-0.1, -0.05) is 11.6 Å². The Morgan fingerprint density at radius 3 is 2.84 bits per heavy atom. The summed E-state index contributed by atoms with van der Waals surface area (Å²) in [6.07, 6.45) is 6.82. The highest BCUT2D eigenvalue weighted by atomic mass is 35.5. The summed E-state index contributed by atoms with van der Waals surface area (Å²) in [7, 11) is 0. The lowest BCUT2D eigenvalue weighted by atomic mass is 9.90. The zero-order chi connectivity index (χ0) is 13.4. The summed E-state index contributed by atoms with van der Waals surface area (Å²) >= 11 is 6.10. The van der Waals surface area contributed by atoms with Crippen molar-refractivity contribution in [2.45, 2.75) is 31.9 Å². The molecule has 6 nitrogen and oxygen atoms in total. The molecule has 0 amide bonds. The van der Waals surface area contributed by atoms with Crippen LogP contribution in [0.25, 0.3) is 5.82 Å². The van der Waals surface area contributed by atoms with Gasteiger partial charge in [0.15, 0.2) is 5.82 Å². The van der Waals surface area contributed by atoms with Crippen LogP contribution in [0.15, 0.2) is 18.7 Å². The molecule has 2 aromatic rings. The summed E-state index contributed by atoms with van der Waals surface area (Å²) in [5, 5.41) is 0.454. The molecule has 0 aliphatic heterocycles. The molecule has 1 saturated carbocycles. The Morgan fingerprint density at radius 2 is 2.21 bits per heavy atom. The third-order valence-electron chi connectivity index (χ3n) is 3.06. The van der Waals surface area contributed by atoms with Crippen molar-refractivity contribution in [1.29, 1.82) is 0 Å². The van der Waals surface area contributed by atoms with E-state index >= 15 is 0 Å². The molecule has 0 unspecified atom stereocenters. The van der Waals surface area contributed by atoms with Gasteiger partial charge in [-0.3, -0.25) is 4.57 Å². The lowest BCUT2D eigenvalue weighted by Crippen LogP contribution is -2.43. The number of ether oxygens (including phenoxy) is 1. The van der Waals surface area contributed by atoms with Crippen LogP contribution in [0.3, 0.4) is 0 Å². The molecule has 100 valence electrons. The average Bonchev–Trinajstić information content (AvgIpc) is 2.76. The number of aromatic nitrogens is 4. The molecule has 1 aliphatic rings. The van der Waals surface area contributed by atoms with Gasteiger partial charge in [0.2, 0.25) is 0 Å². The van der Waals surface area contributed by atoms with E-state index in [-0.39, 0.29) is 12.1 Å². The lowest BCUT2D eigenvalue weighted by molar-refractivity contribution is 0.0904. The van der Waals surface area contributed by atoms with E-state index in [1.54, 1.807) is 10.9 Å². The van der Waals surface area contributed by atoms with Gasteiger partial charge in [0.25, 0.3) is 0 Å². The molecule has 1 fully saturated rings. The van der Waals surface area contributed by atoms with Crippen LogP contribution < -0.4 is 10.5 Å². The standard InChI is InChI=1S/C12H14ClN5O/c1-7-5-18(6-16-7)11-10(13)4-15-12(17-11)19-9-2-8(14)3-9/h4-6,8-9H,2-3,14H2,1H3. The Labute approximate surface area is 115 Å². The normalized spacial score (nSPS) is 22.1. The molecular weight excluding hydrogens is 266 g/mol. The average molecular weight is 280 g/mol. The van der Waals surface area contributed by atoms with E-state index in [2.05, 4.69) is 15.0 Å². The first kappa shape index (κ1) is 12.4. The molecule has 19 heavy (non-hydrogen) atoms. The zero-order valence-corrected chi connectivity index (χ0v) is 11.2. The first-order valence-corrected chi connectivity index (χ1v) is 6.45. The Balaban J connectivity index is 1.83. The first-order valence-electron chi connectivity index (χ1n) is 6.07. The van der Waals surface area contributed by atoms with E-state index in [1.807, 2.05) is 13.1 Å². The number of nitrogens with zero attached hydrogens (tertiary/aromatic N) is 4. The van der Waals surface area contributed by atoms with Crippen molar-refractivity contribution in [2.24, 2.45) is 5.73 Å². The SMILES string of the molecule is Cc1cn(-c2nc(OC3CC(N)C3)ncc2Cl)cn1. The highest BCUT2D eigenvalue weighted by molar-refractivity contribution is 6.32. The number of hydrogen-bond donors (Lipinski definition) is 1. The molecule has 1 aliphatic carbocycles. The van der Waals surface area contributed by atoms with Gasteiger partial charge >= 0.3 is 6.01 Å². The number of halogens is 1.